The molecule has 8 nitrogen and oxygen atoms in total. The summed E-state index contributed by atoms with van der Waals surface area (Å²) in [5, 5.41) is 12.5. The zero-order chi connectivity index (χ0) is 27.2. The Hall–Kier alpha value is -4.19. The number of methoxy groups -OCH3 is 1. The lowest BCUT2D eigenvalue weighted by atomic mass is 10.1. The number of nitrogens with one attached hydrogen (secondary N) is 1. The summed E-state index contributed by atoms with van der Waals surface area (Å²) in [7, 11) is 1.56. The third-order valence-electron chi connectivity index (χ3n) is 5.07. The monoisotopic (exact) mass is 536 g/mol. The summed E-state index contributed by atoms with van der Waals surface area (Å²) < 4.78 is 27.8. The van der Waals surface area contributed by atoms with Crippen molar-refractivity contribution in [1.82, 2.24) is 0 Å². The molecule has 198 valence electrons. The average molecular weight is 537 g/mol. The van der Waals surface area contributed by atoms with Gasteiger partial charge in [0.1, 0.15) is 36.4 Å². The van der Waals surface area contributed by atoms with Crippen LogP contribution in [0.2, 0.25) is 5.02 Å². The minimum absolute atomic E-state index is 0.0980. The lowest BCUT2D eigenvalue weighted by molar-refractivity contribution is -0.112. The second-order valence-corrected chi connectivity index (χ2v) is 8.14. The Morgan fingerprint density at radius 1 is 0.947 bits per heavy atom. The van der Waals surface area contributed by atoms with Crippen LogP contribution in [0.1, 0.15) is 12.5 Å². The first-order valence-corrected chi connectivity index (χ1v) is 12.3. The van der Waals surface area contributed by atoms with Crippen molar-refractivity contribution in [1.29, 1.82) is 5.26 Å². The van der Waals surface area contributed by atoms with Crippen molar-refractivity contribution in [3.05, 3.63) is 82.9 Å². The smallest absolute Gasteiger partial charge is 0.266 e. The van der Waals surface area contributed by atoms with E-state index in [0.717, 1.165) is 5.75 Å². The molecular formula is C29H29ClN2O6. The van der Waals surface area contributed by atoms with Crippen LogP contribution in [0.4, 0.5) is 5.69 Å². The third-order valence-corrected chi connectivity index (χ3v) is 5.35. The average Bonchev–Trinajstić information content (AvgIpc) is 2.93. The molecule has 0 atom stereocenters. The summed E-state index contributed by atoms with van der Waals surface area (Å²) in [6.07, 6.45) is 1.44. The number of hydrogen-bond donors (Lipinski definition) is 1. The number of hydrogen-bond acceptors (Lipinski definition) is 7. The second-order valence-electron chi connectivity index (χ2n) is 7.74. The molecule has 0 aliphatic heterocycles. The maximum Gasteiger partial charge on any atom is 0.266 e. The van der Waals surface area contributed by atoms with E-state index >= 15 is 0 Å². The number of amides is 1. The van der Waals surface area contributed by atoms with Gasteiger partial charge in [-0.2, -0.15) is 5.26 Å². The van der Waals surface area contributed by atoms with Crippen LogP contribution in [0.15, 0.2) is 72.3 Å². The van der Waals surface area contributed by atoms with Gasteiger partial charge in [-0.05, 0) is 67.1 Å². The molecule has 0 fully saturated rings. The molecule has 0 heterocycles. The van der Waals surface area contributed by atoms with E-state index < -0.39 is 5.91 Å². The van der Waals surface area contributed by atoms with E-state index in [9.17, 15) is 10.1 Å². The van der Waals surface area contributed by atoms with Crippen LogP contribution in [0, 0.1) is 11.3 Å². The van der Waals surface area contributed by atoms with Gasteiger partial charge >= 0.3 is 0 Å². The van der Waals surface area contributed by atoms with E-state index in [4.69, 9.17) is 35.3 Å². The fourth-order valence-electron chi connectivity index (χ4n) is 3.30. The molecule has 0 aliphatic rings. The van der Waals surface area contributed by atoms with Gasteiger partial charge in [0.25, 0.3) is 5.91 Å². The first kappa shape index (κ1) is 28.4. The molecule has 3 rings (SSSR count). The zero-order valence-electron chi connectivity index (χ0n) is 21.2. The number of para-hydroxylation sites is 1. The molecule has 38 heavy (non-hydrogen) atoms. The molecule has 3 aromatic carbocycles. The lowest BCUT2D eigenvalue weighted by Crippen LogP contribution is -2.13. The van der Waals surface area contributed by atoms with E-state index in [2.05, 4.69) is 5.32 Å². The van der Waals surface area contributed by atoms with Crippen molar-refractivity contribution < 1.29 is 28.5 Å². The van der Waals surface area contributed by atoms with Crippen molar-refractivity contribution in [2.75, 3.05) is 45.5 Å². The van der Waals surface area contributed by atoms with Gasteiger partial charge in [-0.25, -0.2) is 0 Å². The number of nitrogens with zero attached hydrogens (tertiary/aromatic N) is 1. The number of anilines is 1. The molecule has 0 bridgehead atoms. The molecule has 1 amide bonds. The van der Waals surface area contributed by atoms with Crippen LogP contribution in [-0.4, -0.2) is 46.1 Å². The number of ether oxygens (including phenoxy) is 5. The number of carbonyl (C=O) groups is 1. The van der Waals surface area contributed by atoms with Gasteiger partial charge in [-0.1, -0.05) is 29.8 Å². The highest BCUT2D eigenvalue weighted by molar-refractivity contribution is 6.32. The molecule has 3 aromatic rings. The Kier molecular flexibility index (Phi) is 11.3. The highest BCUT2D eigenvalue weighted by Crippen LogP contribution is 2.37. The topological polar surface area (TPSA) is 99.0 Å². The first-order chi connectivity index (χ1) is 18.5. The summed E-state index contributed by atoms with van der Waals surface area (Å²) in [4.78, 5) is 12.7. The summed E-state index contributed by atoms with van der Waals surface area (Å²) in [6, 6.07) is 21.5. The molecule has 0 aromatic heterocycles. The molecule has 0 unspecified atom stereocenters. The fraction of sp³-hybridized carbons (Fsp3) is 0.241. The Morgan fingerprint density at radius 3 is 2.32 bits per heavy atom. The molecule has 0 aliphatic carbocycles. The van der Waals surface area contributed by atoms with Gasteiger partial charge in [0.2, 0.25) is 0 Å². The Labute approximate surface area is 227 Å². The predicted octanol–water partition coefficient (Wildman–Crippen LogP) is 5.77. The van der Waals surface area contributed by atoms with Crippen LogP contribution in [0.25, 0.3) is 6.08 Å². The lowest BCUT2D eigenvalue weighted by Gasteiger charge is -2.15. The van der Waals surface area contributed by atoms with Gasteiger partial charge in [0, 0.05) is 5.69 Å². The zero-order valence-corrected chi connectivity index (χ0v) is 22.0. The van der Waals surface area contributed by atoms with Crippen LogP contribution in [0.5, 0.6) is 23.0 Å². The molecule has 0 saturated carbocycles. The molecule has 0 radical (unpaired) electrons. The highest BCUT2D eigenvalue weighted by Gasteiger charge is 2.15. The normalized spacial score (nSPS) is 10.8. The van der Waals surface area contributed by atoms with Crippen LogP contribution >= 0.6 is 11.6 Å². The van der Waals surface area contributed by atoms with Crippen molar-refractivity contribution in [2.45, 2.75) is 6.92 Å². The van der Waals surface area contributed by atoms with E-state index in [1.54, 1.807) is 43.5 Å². The van der Waals surface area contributed by atoms with Gasteiger partial charge in [-0.15, -0.1) is 0 Å². The molecule has 1 N–H and O–H groups in total. The van der Waals surface area contributed by atoms with Crippen LogP contribution < -0.4 is 24.3 Å². The van der Waals surface area contributed by atoms with Gasteiger partial charge in [0.15, 0.2) is 11.5 Å². The van der Waals surface area contributed by atoms with E-state index in [-0.39, 0.29) is 17.2 Å². The van der Waals surface area contributed by atoms with Crippen molar-refractivity contribution >= 4 is 29.3 Å². The number of carbonyl (C=O) groups excluding carboxylic acids is 1. The third kappa shape index (κ3) is 8.73. The molecule has 0 spiro atoms. The minimum atomic E-state index is -0.555. The fourth-order valence-corrected chi connectivity index (χ4v) is 3.58. The van der Waals surface area contributed by atoms with Gasteiger partial charge < -0.3 is 29.0 Å². The second kappa shape index (κ2) is 15.2. The SMILES string of the molecule is CCOc1cc(/C=C(\C#N)C(=O)Nc2ccc(OC)cc2)cc(Cl)c1OCCOCCOc1ccccc1. The molecule has 9 heteroatoms. The predicted molar refractivity (Wildman–Crippen MR) is 146 cm³/mol. The Morgan fingerprint density at radius 2 is 1.66 bits per heavy atom. The number of benzene rings is 3. The standard InChI is InChI=1S/C29H29ClN2O6/c1-3-36-27-19-21(17-22(20-31)29(33)32-23-9-11-24(34-2)12-10-23)18-26(30)28(27)38-16-14-35-13-15-37-25-7-5-4-6-8-25/h4-12,17-19H,3,13-16H2,1-2H3,(H,32,33)/b22-17+. The maximum atomic E-state index is 12.7. The van der Waals surface area contributed by atoms with E-state index in [0.29, 0.717) is 54.9 Å². The number of rotatable bonds is 14. The molecule has 0 saturated heterocycles. The Balaban J connectivity index is 1.59. The summed E-state index contributed by atoms with van der Waals surface area (Å²) in [5.41, 5.74) is 0.947. The van der Waals surface area contributed by atoms with Crippen molar-refractivity contribution in [2.24, 2.45) is 0 Å². The summed E-state index contributed by atoms with van der Waals surface area (Å²) in [5.74, 6) is 1.64. The highest BCUT2D eigenvalue weighted by atomic mass is 35.5. The first-order valence-electron chi connectivity index (χ1n) is 12.0. The van der Waals surface area contributed by atoms with Gasteiger partial charge in [-0.3, -0.25) is 4.79 Å². The summed E-state index contributed by atoms with van der Waals surface area (Å²) >= 11 is 6.47. The quantitative estimate of drug-likeness (QED) is 0.159. The van der Waals surface area contributed by atoms with E-state index in [1.165, 1.54) is 6.08 Å². The number of nitriles is 1. The largest absolute Gasteiger partial charge is 0.497 e. The van der Waals surface area contributed by atoms with Crippen LogP contribution in [0.3, 0.4) is 0 Å². The van der Waals surface area contributed by atoms with Crippen molar-refractivity contribution in [3.8, 4) is 29.1 Å². The van der Waals surface area contributed by atoms with Crippen LogP contribution in [-0.2, 0) is 9.53 Å². The summed E-state index contributed by atoms with van der Waals surface area (Å²) in [6.45, 7) is 3.60. The van der Waals surface area contributed by atoms with Crippen molar-refractivity contribution in [3.63, 3.8) is 0 Å². The Bertz CT molecular complexity index is 1260. The van der Waals surface area contributed by atoms with Gasteiger partial charge in [0.05, 0.1) is 32.0 Å². The van der Waals surface area contributed by atoms with E-state index in [1.807, 2.05) is 43.3 Å². The number of halogens is 1. The molecular weight excluding hydrogens is 508 g/mol. The minimum Gasteiger partial charge on any atom is -0.497 e. The maximum absolute atomic E-state index is 12.7.